The summed E-state index contributed by atoms with van der Waals surface area (Å²) >= 11 is 3.01. The molecule has 6 nitrogen and oxygen atoms in total. The summed E-state index contributed by atoms with van der Waals surface area (Å²) in [6.07, 6.45) is 2.52. The van der Waals surface area contributed by atoms with Gasteiger partial charge in [0.15, 0.2) is 5.13 Å². The fourth-order valence-corrected chi connectivity index (χ4v) is 4.33. The number of thioether (sulfide) groups is 1. The Bertz CT molecular complexity index is 1020. The Kier molecular flexibility index (Phi) is 8.84. The third kappa shape index (κ3) is 6.91. The van der Waals surface area contributed by atoms with Crippen molar-refractivity contribution in [1.82, 2.24) is 15.2 Å². The van der Waals surface area contributed by atoms with Crippen LogP contribution in [0.3, 0.4) is 0 Å². The monoisotopic (exact) mass is 468 g/mol. The minimum Gasteiger partial charge on any atom is -0.340 e. The lowest BCUT2D eigenvalue weighted by atomic mass is 10.1. The standard InChI is InChI=1S/C24H28N4O2S2/c1-28(2)15-17-9-11-19(12-10-17)22(29)25-20(13-14-31-3)23(30)27-24-26-21(16-32-24)18-7-5-4-6-8-18/h4-12,16,20H,13-15H2,1-3H3,(H,25,29)(H,26,27,30). The van der Waals surface area contributed by atoms with Gasteiger partial charge in [-0.25, -0.2) is 4.98 Å². The number of carbonyl (C=O) groups excluding carboxylic acids is 2. The minimum absolute atomic E-state index is 0.258. The number of anilines is 1. The van der Waals surface area contributed by atoms with Crippen molar-refractivity contribution in [3.63, 3.8) is 0 Å². The number of hydrogen-bond acceptors (Lipinski definition) is 6. The SMILES string of the molecule is CSCCC(NC(=O)c1ccc(CN(C)C)cc1)C(=O)Nc1nc(-c2ccccc2)cs1. The maximum absolute atomic E-state index is 12.9. The lowest BCUT2D eigenvalue weighted by Crippen LogP contribution is -2.44. The molecular weight excluding hydrogens is 440 g/mol. The van der Waals surface area contributed by atoms with Crippen LogP contribution in [-0.4, -0.2) is 53.8 Å². The van der Waals surface area contributed by atoms with Gasteiger partial charge in [-0.15, -0.1) is 11.3 Å². The van der Waals surface area contributed by atoms with Crippen molar-refractivity contribution in [1.29, 1.82) is 0 Å². The highest BCUT2D eigenvalue weighted by molar-refractivity contribution is 7.98. The summed E-state index contributed by atoms with van der Waals surface area (Å²) in [4.78, 5) is 32.3. The third-order valence-corrected chi connectivity index (χ3v) is 6.15. The number of thiazole rings is 1. The number of nitrogens with one attached hydrogen (secondary N) is 2. The van der Waals surface area contributed by atoms with Crippen LogP contribution in [0.25, 0.3) is 11.3 Å². The van der Waals surface area contributed by atoms with E-state index in [1.165, 1.54) is 11.3 Å². The van der Waals surface area contributed by atoms with Crippen LogP contribution in [0.5, 0.6) is 0 Å². The van der Waals surface area contributed by atoms with Gasteiger partial charge >= 0.3 is 0 Å². The molecule has 8 heteroatoms. The minimum atomic E-state index is -0.638. The zero-order valence-corrected chi connectivity index (χ0v) is 20.1. The van der Waals surface area contributed by atoms with Crippen molar-refractivity contribution in [3.8, 4) is 11.3 Å². The molecule has 1 atom stereocenters. The number of carbonyl (C=O) groups is 2. The van der Waals surface area contributed by atoms with Gasteiger partial charge in [0.05, 0.1) is 5.69 Å². The van der Waals surface area contributed by atoms with Crippen LogP contribution >= 0.6 is 23.1 Å². The summed E-state index contributed by atoms with van der Waals surface area (Å²) < 4.78 is 0. The quantitative estimate of drug-likeness (QED) is 0.462. The predicted molar refractivity (Wildman–Crippen MR) is 134 cm³/mol. The highest BCUT2D eigenvalue weighted by Gasteiger charge is 2.22. The largest absolute Gasteiger partial charge is 0.340 e. The fourth-order valence-electron chi connectivity index (χ4n) is 3.14. The van der Waals surface area contributed by atoms with E-state index >= 15 is 0 Å². The number of hydrogen-bond donors (Lipinski definition) is 2. The molecule has 1 unspecified atom stereocenters. The summed E-state index contributed by atoms with van der Waals surface area (Å²) in [7, 11) is 4.00. The Hall–Kier alpha value is -2.68. The Labute approximate surface area is 197 Å². The molecule has 0 aliphatic heterocycles. The van der Waals surface area contributed by atoms with E-state index in [2.05, 4.69) is 20.5 Å². The van der Waals surface area contributed by atoms with Gasteiger partial charge in [0.2, 0.25) is 5.91 Å². The Morgan fingerprint density at radius 1 is 1.09 bits per heavy atom. The smallest absolute Gasteiger partial charge is 0.251 e. The molecule has 0 spiro atoms. The number of benzene rings is 2. The lowest BCUT2D eigenvalue weighted by Gasteiger charge is -2.17. The van der Waals surface area contributed by atoms with E-state index in [4.69, 9.17) is 0 Å². The molecule has 168 valence electrons. The van der Waals surface area contributed by atoms with Crippen molar-refractivity contribution in [2.75, 3.05) is 31.4 Å². The predicted octanol–water partition coefficient (Wildman–Crippen LogP) is 4.36. The van der Waals surface area contributed by atoms with Gasteiger partial charge in [-0.1, -0.05) is 42.5 Å². The van der Waals surface area contributed by atoms with Crippen LogP contribution in [0, 0.1) is 0 Å². The van der Waals surface area contributed by atoms with E-state index in [1.807, 2.05) is 68.2 Å². The first-order valence-corrected chi connectivity index (χ1v) is 12.6. The van der Waals surface area contributed by atoms with Gasteiger partial charge in [0, 0.05) is 23.1 Å². The Morgan fingerprint density at radius 3 is 2.47 bits per heavy atom. The van der Waals surface area contributed by atoms with E-state index in [1.54, 1.807) is 23.9 Å². The van der Waals surface area contributed by atoms with Crippen molar-refractivity contribution in [2.45, 2.75) is 19.0 Å². The molecule has 3 aromatic rings. The first kappa shape index (κ1) is 24.0. The molecular formula is C24H28N4O2S2. The molecule has 0 radical (unpaired) electrons. The van der Waals surface area contributed by atoms with Crippen LogP contribution in [0.1, 0.15) is 22.3 Å². The first-order chi connectivity index (χ1) is 15.5. The van der Waals surface area contributed by atoms with Crippen LogP contribution < -0.4 is 10.6 Å². The summed E-state index contributed by atoms with van der Waals surface area (Å²) in [5.41, 5.74) is 3.47. The van der Waals surface area contributed by atoms with Crippen LogP contribution in [0.15, 0.2) is 60.0 Å². The fraction of sp³-hybridized carbons (Fsp3) is 0.292. The molecule has 1 aromatic heterocycles. The van der Waals surface area contributed by atoms with Crippen molar-refractivity contribution >= 4 is 40.0 Å². The number of rotatable bonds is 10. The molecule has 0 fully saturated rings. The highest BCUT2D eigenvalue weighted by Crippen LogP contribution is 2.24. The Morgan fingerprint density at radius 2 is 1.81 bits per heavy atom. The molecule has 2 aromatic carbocycles. The number of nitrogens with zero attached hydrogens (tertiary/aromatic N) is 2. The topological polar surface area (TPSA) is 74.3 Å². The van der Waals surface area contributed by atoms with Gasteiger partial charge < -0.3 is 15.5 Å². The maximum Gasteiger partial charge on any atom is 0.251 e. The maximum atomic E-state index is 12.9. The van der Waals surface area contributed by atoms with Gasteiger partial charge in [0.1, 0.15) is 6.04 Å². The summed E-state index contributed by atoms with van der Waals surface area (Å²) in [5.74, 6) is 0.241. The molecule has 2 N–H and O–H groups in total. The molecule has 0 aliphatic rings. The van der Waals surface area contributed by atoms with Gasteiger partial charge in [-0.3, -0.25) is 9.59 Å². The molecule has 32 heavy (non-hydrogen) atoms. The van der Waals surface area contributed by atoms with Gasteiger partial charge in [0.25, 0.3) is 5.91 Å². The normalized spacial score (nSPS) is 11.9. The molecule has 0 saturated carbocycles. The zero-order valence-electron chi connectivity index (χ0n) is 18.5. The van der Waals surface area contributed by atoms with Crippen LogP contribution in [-0.2, 0) is 11.3 Å². The molecule has 1 heterocycles. The molecule has 2 amide bonds. The molecule has 0 saturated heterocycles. The van der Waals surface area contributed by atoms with E-state index in [9.17, 15) is 9.59 Å². The van der Waals surface area contributed by atoms with Gasteiger partial charge in [-0.05, 0) is 50.2 Å². The van der Waals surface area contributed by atoms with Crippen LogP contribution in [0.4, 0.5) is 5.13 Å². The number of aromatic nitrogens is 1. The summed E-state index contributed by atoms with van der Waals surface area (Å²) in [5, 5.41) is 8.19. The zero-order chi connectivity index (χ0) is 22.9. The second-order valence-electron chi connectivity index (χ2n) is 7.64. The first-order valence-electron chi connectivity index (χ1n) is 10.3. The number of amides is 2. The lowest BCUT2D eigenvalue weighted by molar-refractivity contribution is -0.118. The molecule has 3 rings (SSSR count). The van der Waals surface area contributed by atoms with E-state index in [-0.39, 0.29) is 11.8 Å². The van der Waals surface area contributed by atoms with E-state index < -0.39 is 6.04 Å². The Balaban J connectivity index is 1.65. The van der Waals surface area contributed by atoms with E-state index in [0.717, 1.165) is 29.1 Å². The summed E-state index contributed by atoms with van der Waals surface area (Å²) in [6, 6.07) is 16.6. The second-order valence-corrected chi connectivity index (χ2v) is 9.48. The average molecular weight is 469 g/mol. The highest BCUT2D eigenvalue weighted by atomic mass is 32.2. The van der Waals surface area contributed by atoms with Crippen LogP contribution in [0.2, 0.25) is 0 Å². The third-order valence-electron chi connectivity index (χ3n) is 4.75. The summed E-state index contributed by atoms with van der Waals surface area (Å²) in [6.45, 7) is 0.805. The van der Waals surface area contributed by atoms with Crippen molar-refractivity contribution in [2.24, 2.45) is 0 Å². The van der Waals surface area contributed by atoms with Crippen molar-refractivity contribution in [3.05, 3.63) is 71.1 Å². The van der Waals surface area contributed by atoms with Gasteiger partial charge in [-0.2, -0.15) is 11.8 Å². The van der Waals surface area contributed by atoms with E-state index in [0.29, 0.717) is 17.1 Å². The molecule has 0 bridgehead atoms. The van der Waals surface area contributed by atoms with Crippen molar-refractivity contribution < 1.29 is 9.59 Å². The second kappa shape index (κ2) is 11.8. The average Bonchev–Trinajstić information content (AvgIpc) is 3.25. The molecule has 0 aliphatic carbocycles.